The van der Waals surface area contributed by atoms with Gasteiger partial charge in [-0.25, -0.2) is 0 Å². The number of Topliss-reactive ketones (excluding diaryl/α,β-unsaturated/α-hetero) is 2. The normalized spacial score (nSPS) is 27.8. The van der Waals surface area contributed by atoms with Crippen molar-refractivity contribution < 1.29 is 39.9 Å². The van der Waals surface area contributed by atoms with Crippen molar-refractivity contribution >= 4 is 11.6 Å². The smallest absolute Gasteiger partial charge is 0.163 e. The van der Waals surface area contributed by atoms with Gasteiger partial charge in [-0.3, -0.25) is 9.59 Å². The molecule has 0 amide bonds. The molecule has 3 rings (SSSR count). The maximum absolute atomic E-state index is 13.0. The highest BCUT2D eigenvalue weighted by molar-refractivity contribution is 6.04. The van der Waals surface area contributed by atoms with E-state index in [0.717, 1.165) is 0 Å². The maximum Gasteiger partial charge on any atom is 0.163 e. The van der Waals surface area contributed by atoms with Gasteiger partial charge in [0, 0.05) is 36.8 Å². The van der Waals surface area contributed by atoms with Crippen LogP contribution in [0.4, 0.5) is 0 Å². The number of aliphatic hydroxyl groups is 5. The van der Waals surface area contributed by atoms with Gasteiger partial charge in [0.2, 0.25) is 0 Å². The molecule has 8 nitrogen and oxygen atoms in total. The molecule has 0 unspecified atom stereocenters. The molecule has 8 heteroatoms. The second kappa shape index (κ2) is 7.84. The molecule has 1 heterocycles. The van der Waals surface area contributed by atoms with Gasteiger partial charge in [0.05, 0.1) is 18.6 Å². The molecule has 0 radical (unpaired) electrons. The van der Waals surface area contributed by atoms with E-state index in [1.807, 2.05) is 27.7 Å². The van der Waals surface area contributed by atoms with Crippen LogP contribution in [0.25, 0.3) is 0 Å². The minimum atomic E-state index is -1.89. The molecule has 0 saturated carbocycles. The molecule has 0 saturated heterocycles. The van der Waals surface area contributed by atoms with Crippen LogP contribution in [0.5, 0.6) is 0 Å². The Morgan fingerprint density at radius 1 is 0.833 bits per heavy atom. The summed E-state index contributed by atoms with van der Waals surface area (Å²) in [6.45, 7) is 6.90. The van der Waals surface area contributed by atoms with Crippen LogP contribution < -0.4 is 0 Å². The van der Waals surface area contributed by atoms with Crippen molar-refractivity contribution in [3.8, 4) is 0 Å². The largest absolute Gasteiger partial charge is 0.465 e. The lowest BCUT2D eigenvalue weighted by atomic mass is 9.65. The van der Waals surface area contributed by atoms with E-state index in [2.05, 4.69) is 0 Å². The fourth-order valence-corrected chi connectivity index (χ4v) is 4.80. The first-order chi connectivity index (χ1) is 13.8. The molecule has 0 aromatic heterocycles. The summed E-state index contributed by atoms with van der Waals surface area (Å²) >= 11 is 0. The zero-order chi connectivity index (χ0) is 22.6. The predicted octanol–water partition coefficient (Wildman–Crippen LogP) is 0.355. The van der Waals surface area contributed by atoms with E-state index in [9.17, 15) is 30.0 Å². The van der Waals surface area contributed by atoms with E-state index < -0.39 is 36.9 Å². The zero-order valence-electron chi connectivity index (χ0n) is 17.9. The lowest BCUT2D eigenvalue weighted by Crippen LogP contribution is -2.52. The summed E-state index contributed by atoms with van der Waals surface area (Å²) in [5, 5.41) is 50.4. The molecular weight excluding hydrogens is 392 g/mol. The number of aliphatic hydroxyl groups excluding tert-OH is 5. The molecule has 0 fully saturated rings. The standard InChI is InChI=1S/C22H32O8/c1-21(2)5-10(24)15-13(7-21)30-14-8-22(3,4)6-11(25)16(14)17(15)19(28)20(29)18(27)12(26)9-23/h12,17-20,23,26-29H,5-9H2,1-4H3/t12-,18-,19+,20+/m1/s1. The molecule has 0 aromatic rings. The van der Waals surface area contributed by atoms with Gasteiger partial charge in [-0.1, -0.05) is 27.7 Å². The molecular formula is C22H32O8. The van der Waals surface area contributed by atoms with Gasteiger partial charge < -0.3 is 30.3 Å². The summed E-state index contributed by atoms with van der Waals surface area (Å²) in [6.07, 6.45) is -5.92. The summed E-state index contributed by atoms with van der Waals surface area (Å²) in [5.74, 6) is -0.952. The number of ketones is 2. The van der Waals surface area contributed by atoms with E-state index in [4.69, 9.17) is 9.84 Å². The lowest BCUT2D eigenvalue weighted by Gasteiger charge is -2.44. The molecule has 1 aliphatic heterocycles. The first kappa shape index (κ1) is 23.1. The third-order valence-electron chi connectivity index (χ3n) is 6.25. The fraction of sp³-hybridized carbons (Fsp3) is 0.727. The van der Waals surface area contributed by atoms with Crippen LogP contribution in [0.2, 0.25) is 0 Å². The second-order valence-electron chi connectivity index (χ2n) is 10.4. The summed E-state index contributed by atoms with van der Waals surface area (Å²) < 4.78 is 6.07. The van der Waals surface area contributed by atoms with Crippen molar-refractivity contribution in [3.05, 3.63) is 22.7 Å². The number of ether oxygens (including phenoxy) is 1. The summed E-state index contributed by atoms with van der Waals surface area (Å²) in [7, 11) is 0. The van der Waals surface area contributed by atoms with Crippen LogP contribution in [0.15, 0.2) is 22.7 Å². The van der Waals surface area contributed by atoms with Gasteiger partial charge in [-0.2, -0.15) is 0 Å². The van der Waals surface area contributed by atoms with Crippen molar-refractivity contribution in [2.75, 3.05) is 6.61 Å². The van der Waals surface area contributed by atoms with E-state index in [-0.39, 0.29) is 46.4 Å². The Hall–Kier alpha value is -1.58. The van der Waals surface area contributed by atoms with Gasteiger partial charge in [0.1, 0.15) is 29.8 Å². The third kappa shape index (κ3) is 4.11. The van der Waals surface area contributed by atoms with Crippen LogP contribution in [0, 0.1) is 16.7 Å². The van der Waals surface area contributed by atoms with E-state index in [0.29, 0.717) is 24.4 Å². The van der Waals surface area contributed by atoms with Gasteiger partial charge in [-0.15, -0.1) is 0 Å². The number of carbonyl (C=O) groups excluding carboxylic acids is 2. The summed E-state index contributed by atoms with van der Waals surface area (Å²) in [5.41, 5.74) is -0.414. The molecule has 0 bridgehead atoms. The van der Waals surface area contributed by atoms with Crippen LogP contribution in [0.1, 0.15) is 53.4 Å². The summed E-state index contributed by atoms with van der Waals surface area (Å²) in [6, 6.07) is 0. The monoisotopic (exact) mass is 424 g/mol. The van der Waals surface area contributed by atoms with Crippen molar-refractivity contribution in [1.29, 1.82) is 0 Å². The van der Waals surface area contributed by atoms with Crippen LogP contribution in [-0.4, -0.2) is 68.1 Å². The Balaban J connectivity index is 2.10. The third-order valence-corrected chi connectivity index (χ3v) is 6.25. The highest BCUT2D eigenvalue weighted by Gasteiger charge is 2.51. The number of hydrogen-bond acceptors (Lipinski definition) is 8. The molecule has 168 valence electrons. The van der Waals surface area contributed by atoms with E-state index in [1.54, 1.807) is 0 Å². The number of allylic oxidation sites excluding steroid dienone is 2. The van der Waals surface area contributed by atoms with Gasteiger partial charge in [0.15, 0.2) is 11.6 Å². The van der Waals surface area contributed by atoms with E-state index in [1.165, 1.54) is 0 Å². The zero-order valence-corrected chi connectivity index (χ0v) is 17.9. The van der Waals surface area contributed by atoms with E-state index >= 15 is 0 Å². The molecule has 3 aliphatic rings. The van der Waals surface area contributed by atoms with Crippen molar-refractivity contribution in [2.24, 2.45) is 16.7 Å². The molecule has 0 spiro atoms. The Morgan fingerprint density at radius 2 is 1.27 bits per heavy atom. The first-order valence-electron chi connectivity index (χ1n) is 10.3. The molecule has 0 aromatic carbocycles. The molecule has 30 heavy (non-hydrogen) atoms. The first-order valence-corrected chi connectivity index (χ1v) is 10.3. The average molecular weight is 424 g/mol. The summed E-state index contributed by atoms with van der Waals surface area (Å²) in [4.78, 5) is 26.1. The lowest BCUT2D eigenvalue weighted by molar-refractivity contribution is -0.132. The maximum atomic E-state index is 13.0. The SMILES string of the molecule is CC1(C)CC(=O)C2=C(C1)OC1=C(C(=O)CC(C)(C)C1)C2[C@H](O)[C@@H](O)[C@H](O)[C@H](O)CO. The minimum Gasteiger partial charge on any atom is -0.465 e. The Morgan fingerprint density at radius 3 is 1.67 bits per heavy atom. The quantitative estimate of drug-likeness (QED) is 0.425. The van der Waals surface area contributed by atoms with Gasteiger partial charge in [0.25, 0.3) is 0 Å². The van der Waals surface area contributed by atoms with Crippen LogP contribution in [-0.2, 0) is 14.3 Å². The fourth-order valence-electron chi connectivity index (χ4n) is 4.80. The topological polar surface area (TPSA) is 145 Å². The number of hydrogen-bond donors (Lipinski definition) is 5. The number of carbonyl (C=O) groups is 2. The second-order valence-corrected chi connectivity index (χ2v) is 10.4. The highest BCUT2D eigenvalue weighted by atomic mass is 16.5. The Kier molecular flexibility index (Phi) is 6.03. The molecule has 4 atom stereocenters. The van der Waals surface area contributed by atoms with Crippen molar-refractivity contribution in [2.45, 2.75) is 77.8 Å². The Bertz CT molecular complexity index is 754. The van der Waals surface area contributed by atoms with Gasteiger partial charge >= 0.3 is 0 Å². The molecule has 5 N–H and O–H groups in total. The Labute approximate surface area is 175 Å². The van der Waals surface area contributed by atoms with Gasteiger partial charge in [-0.05, 0) is 10.8 Å². The number of rotatable bonds is 5. The van der Waals surface area contributed by atoms with Crippen molar-refractivity contribution in [1.82, 2.24) is 0 Å². The van der Waals surface area contributed by atoms with Crippen LogP contribution in [0.3, 0.4) is 0 Å². The van der Waals surface area contributed by atoms with Crippen molar-refractivity contribution in [3.63, 3.8) is 0 Å². The predicted molar refractivity (Wildman–Crippen MR) is 106 cm³/mol. The molecule has 2 aliphatic carbocycles. The average Bonchev–Trinajstić information content (AvgIpc) is 2.61. The van der Waals surface area contributed by atoms with Crippen LogP contribution >= 0.6 is 0 Å². The highest BCUT2D eigenvalue weighted by Crippen LogP contribution is 2.51. The minimum absolute atomic E-state index is 0.151.